The molecule has 1 aromatic heterocycles. The molecule has 1 aliphatic heterocycles. The number of aromatic nitrogens is 2. The van der Waals surface area contributed by atoms with Crippen molar-refractivity contribution in [2.24, 2.45) is 5.92 Å². The summed E-state index contributed by atoms with van der Waals surface area (Å²) in [5.41, 5.74) is -0.580. The van der Waals surface area contributed by atoms with Crippen molar-refractivity contribution in [3.05, 3.63) is 23.8 Å². The highest BCUT2D eigenvalue weighted by atomic mass is 19.3. The summed E-state index contributed by atoms with van der Waals surface area (Å²) >= 11 is 0. The number of likely N-dealkylation sites (tertiary alicyclic amines) is 1. The predicted octanol–water partition coefficient (Wildman–Crippen LogP) is 4.50. The minimum Gasteiger partial charge on any atom is -0.432 e. The number of piperidine rings is 1. The Labute approximate surface area is 176 Å². The summed E-state index contributed by atoms with van der Waals surface area (Å²) < 4.78 is 70.0. The van der Waals surface area contributed by atoms with E-state index in [0.29, 0.717) is 24.3 Å². The number of nitrogens with one attached hydrogen (secondary N) is 1. The smallest absolute Gasteiger partial charge is 0.387 e. The molecule has 5 nitrogen and oxygen atoms in total. The molecule has 4 rings (SSSR count). The monoisotopic (exact) mass is 447 g/mol. The zero-order valence-electron chi connectivity index (χ0n) is 17.0. The lowest BCUT2D eigenvalue weighted by atomic mass is 9.81. The number of β-amino-alcohol motifs (C(OH)–C–C–N with tert-alkyl or cyclic N) is 1. The van der Waals surface area contributed by atoms with Gasteiger partial charge in [0.2, 0.25) is 5.92 Å². The number of halogens is 5. The summed E-state index contributed by atoms with van der Waals surface area (Å²) in [7, 11) is 0. The van der Waals surface area contributed by atoms with Crippen molar-refractivity contribution >= 4 is 11.0 Å². The van der Waals surface area contributed by atoms with Gasteiger partial charge in [0.15, 0.2) is 5.75 Å². The lowest BCUT2D eigenvalue weighted by Gasteiger charge is -2.41. The Hall–Kier alpha value is -1.94. The maximum atomic E-state index is 13.7. The van der Waals surface area contributed by atoms with E-state index in [-0.39, 0.29) is 42.9 Å². The summed E-state index contributed by atoms with van der Waals surface area (Å²) in [5, 5.41) is 10.7. The number of aromatic amines is 1. The van der Waals surface area contributed by atoms with Crippen LogP contribution < -0.4 is 4.74 Å². The quantitative estimate of drug-likeness (QED) is 0.641. The van der Waals surface area contributed by atoms with Gasteiger partial charge >= 0.3 is 6.61 Å². The molecule has 2 heterocycles. The van der Waals surface area contributed by atoms with Crippen molar-refractivity contribution in [2.45, 2.75) is 63.1 Å². The third kappa shape index (κ3) is 5.46. The molecule has 2 aromatic rings. The highest BCUT2D eigenvalue weighted by Gasteiger charge is 2.43. The first-order valence-corrected chi connectivity index (χ1v) is 10.6. The zero-order chi connectivity index (χ0) is 22.2. The van der Waals surface area contributed by atoms with Gasteiger partial charge < -0.3 is 19.7 Å². The Balaban J connectivity index is 1.33. The van der Waals surface area contributed by atoms with Gasteiger partial charge in [0, 0.05) is 31.9 Å². The number of rotatable bonds is 6. The Morgan fingerprint density at radius 3 is 2.48 bits per heavy atom. The number of ether oxygens (including phenoxy) is 1. The topological polar surface area (TPSA) is 61.4 Å². The molecule has 0 unspecified atom stereocenters. The molecule has 1 aliphatic carbocycles. The van der Waals surface area contributed by atoms with Crippen molar-refractivity contribution in [1.29, 1.82) is 0 Å². The summed E-state index contributed by atoms with van der Waals surface area (Å²) in [5.74, 6) is -2.80. The molecule has 1 aromatic carbocycles. The van der Waals surface area contributed by atoms with E-state index in [4.69, 9.17) is 0 Å². The molecule has 172 valence electrons. The summed E-state index contributed by atoms with van der Waals surface area (Å²) in [6.45, 7) is -1.20. The minimum absolute atomic E-state index is 0.110. The van der Waals surface area contributed by atoms with E-state index in [9.17, 15) is 27.1 Å². The normalized spacial score (nSPS) is 22.3. The van der Waals surface area contributed by atoms with Crippen LogP contribution in [0.3, 0.4) is 0 Å². The number of nitrogens with zero attached hydrogens (tertiary/aromatic N) is 2. The highest BCUT2D eigenvalue weighted by Crippen LogP contribution is 2.39. The van der Waals surface area contributed by atoms with Crippen LogP contribution in [-0.4, -0.2) is 57.7 Å². The molecule has 31 heavy (non-hydrogen) atoms. The van der Waals surface area contributed by atoms with Crippen LogP contribution in [0.5, 0.6) is 5.75 Å². The largest absolute Gasteiger partial charge is 0.432 e. The molecule has 1 saturated carbocycles. The molecule has 2 N–H and O–H groups in total. The van der Waals surface area contributed by atoms with Crippen molar-refractivity contribution in [3.63, 3.8) is 0 Å². The van der Waals surface area contributed by atoms with Crippen LogP contribution in [0.15, 0.2) is 12.1 Å². The number of aliphatic hydroxyl groups is 1. The van der Waals surface area contributed by atoms with Crippen LogP contribution in [0.1, 0.15) is 44.3 Å². The first kappa shape index (κ1) is 22.3. The second-order valence-electron chi connectivity index (χ2n) is 8.87. The van der Waals surface area contributed by atoms with Gasteiger partial charge in [-0.15, -0.1) is 0 Å². The number of H-pyrrole nitrogens is 1. The molecule has 0 radical (unpaired) electrons. The average Bonchev–Trinajstić information content (AvgIpc) is 3.08. The number of benzene rings is 1. The molecule has 0 bridgehead atoms. The molecule has 2 fully saturated rings. The van der Waals surface area contributed by atoms with E-state index in [1.165, 1.54) is 6.07 Å². The van der Waals surface area contributed by atoms with Crippen LogP contribution >= 0.6 is 0 Å². The van der Waals surface area contributed by atoms with Crippen molar-refractivity contribution in [3.8, 4) is 5.75 Å². The maximum absolute atomic E-state index is 13.7. The number of alkyl halides is 4. The molecular formula is C21H26F5N3O2. The van der Waals surface area contributed by atoms with E-state index < -0.39 is 24.0 Å². The molecule has 1 saturated heterocycles. The molecule has 2 aliphatic rings. The van der Waals surface area contributed by atoms with E-state index in [0.717, 1.165) is 32.0 Å². The zero-order valence-corrected chi connectivity index (χ0v) is 17.0. The van der Waals surface area contributed by atoms with Gasteiger partial charge in [-0.3, -0.25) is 0 Å². The molecule has 0 spiro atoms. The van der Waals surface area contributed by atoms with Crippen LogP contribution in [0.25, 0.3) is 11.0 Å². The van der Waals surface area contributed by atoms with Crippen LogP contribution in [0, 0.1) is 11.7 Å². The van der Waals surface area contributed by atoms with Crippen molar-refractivity contribution in [2.75, 3.05) is 19.6 Å². The number of fused-ring (bicyclic) bond motifs is 1. The Morgan fingerprint density at radius 1 is 1.16 bits per heavy atom. The second-order valence-corrected chi connectivity index (χ2v) is 8.87. The van der Waals surface area contributed by atoms with Crippen LogP contribution in [-0.2, 0) is 6.42 Å². The fourth-order valence-electron chi connectivity index (χ4n) is 4.66. The Bertz CT molecular complexity index is 902. The third-order valence-corrected chi connectivity index (χ3v) is 6.40. The Morgan fingerprint density at radius 2 is 1.84 bits per heavy atom. The molecule has 0 atom stereocenters. The lowest BCUT2D eigenvalue weighted by molar-refractivity contribution is -0.114. The average molecular weight is 447 g/mol. The van der Waals surface area contributed by atoms with Crippen molar-refractivity contribution < 1.29 is 31.8 Å². The first-order chi connectivity index (χ1) is 14.6. The third-order valence-electron chi connectivity index (χ3n) is 6.40. The summed E-state index contributed by atoms with van der Waals surface area (Å²) in [6, 6.07) is 2.09. The number of imidazole rings is 1. The van der Waals surface area contributed by atoms with Gasteiger partial charge in [-0.2, -0.15) is 8.78 Å². The standard InChI is InChI=1S/C21H26F5N3O2/c22-14-10-15-18(16(11-14)31-19(23)24)28-17(27-15)9-13-1-7-29(8-2-13)12-20(30)3-5-21(25,26)6-4-20/h10-11,13,19,30H,1-9,12H2,(H,27,28). The number of hydrogen-bond donors (Lipinski definition) is 2. The molecular weight excluding hydrogens is 421 g/mol. The van der Waals surface area contributed by atoms with Gasteiger partial charge in [0.25, 0.3) is 0 Å². The van der Waals surface area contributed by atoms with Crippen molar-refractivity contribution in [1.82, 2.24) is 14.9 Å². The minimum atomic E-state index is -3.07. The Kier molecular flexibility index (Phi) is 6.13. The highest BCUT2D eigenvalue weighted by molar-refractivity contribution is 5.81. The van der Waals surface area contributed by atoms with E-state index in [2.05, 4.69) is 19.6 Å². The molecule has 10 heteroatoms. The SMILES string of the molecule is OC1(CN2CCC(Cc3nc4c(OC(F)F)cc(F)cc4[nH]3)CC2)CCC(F)(F)CC1. The van der Waals surface area contributed by atoms with Gasteiger partial charge in [-0.1, -0.05) is 0 Å². The van der Waals surface area contributed by atoms with Crippen LogP contribution in [0.2, 0.25) is 0 Å². The van der Waals surface area contributed by atoms with Gasteiger partial charge in [0.1, 0.15) is 17.2 Å². The fourth-order valence-corrected chi connectivity index (χ4v) is 4.66. The van der Waals surface area contributed by atoms with Gasteiger partial charge in [-0.25, -0.2) is 18.2 Å². The second kappa shape index (κ2) is 8.54. The fraction of sp³-hybridized carbons (Fsp3) is 0.667. The predicted molar refractivity (Wildman–Crippen MR) is 104 cm³/mol. The van der Waals surface area contributed by atoms with E-state index >= 15 is 0 Å². The van der Waals surface area contributed by atoms with Crippen LogP contribution in [0.4, 0.5) is 22.0 Å². The van der Waals surface area contributed by atoms with Gasteiger partial charge in [-0.05, 0) is 50.8 Å². The summed E-state index contributed by atoms with van der Waals surface area (Å²) in [4.78, 5) is 9.43. The maximum Gasteiger partial charge on any atom is 0.387 e. The summed E-state index contributed by atoms with van der Waals surface area (Å²) in [6.07, 6.45) is 1.91. The first-order valence-electron chi connectivity index (χ1n) is 10.6. The van der Waals surface area contributed by atoms with E-state index in [1.807, 2.05) is 0 Å². The van der Waals surface area contributed by atoms with Gasteiger partial charge in [0.05, 0.1) is 11.1 Å². The number of hydrogen-bond acceptors (Lipinski definition) is 4. The molecule has 0 amide bonds. The lowest BCUT2D eigenvalue weighted by Crippen LogP contribution is -2.49. The van der Waals surface area contributed by atoms with E-state index in [1.54, 1.807) is 0 Å².